The lowest BCUT2D eigenvalue weighted by molar-refractivity contribution is -0.146. The summed E-state index contributed by atoms with van der Waals surface area (Å²) in [5.41, 5.74) is 3.20. The van der Waals surface area contributed by atoms with E-state index in [1.165, 1.54) is 18.3 Å². The largest absolute Gasteiger partial charge is 0.496 e. The fourth-order valence-corrected chi connectivity index (χ4v) is 6.08. The van der Waals surface area contributed by atoms with Crippen molar-refractivity contribution in [1.82, 2.24) is 0 Å². The van der Waals surface area contributed by atoms with Crippen LogP contribution in [0.3, 0.4) is 0 Å². The number of methoxy groups -OCH3 is 1. The molecule has 1 aliphatic carbocycles. The van der Waals surface area contributed by atoms with Crippen LogP contribution < -0.4 is 10.1 Å². The molecule has 3 aromatic carbocycles. The number of carbonyl (C=O) groups excluding carboxylic acids is 2. The van der Waals surface area contributed by atoms with Gasteiger partial charge in [-0.05, 0) is 73.7 Å². The van der Waals surface area contributed by atoms with Gasteiger partial charge in [0.1, 0.15) is 23.5 Å². The number of benzene rings is 3. The predicted octanol–water partition coefficient (Wildman–Crippen LogP) is 8.93. The smallest absolute Gasteiger partial charge is 0.412 e. The third-order valence-corrected chi connectivity index (χ3v) is 8.56. The molecule has 1 atom stereocenters. The summed E-state index contributed by atoms with van der Waals surface area (Å²) in [7, 11) is 1.57. The Morgan fingerprint density at radius 2 is 1.74 bits per heavy atom. The fourth-order valence-electron chi connectivity index (χ4n) is 4.90. The topological polar surface area (TPSA) is 73.9 Å². The first-order valence-corrected chi connectivity index (χ1v) is 14.5. The Morgan fingerprint density at radius 3 is 2.40 bits per heavy atom. The molecule has 4 aromatic rings. The van der Waals surface area contributed by atoms with Crippen molar-refractivity contribution in [3.05, 3.63) is 93.8 Å². The van der Waals surface area contributed by atoms with E-state index >= 15 is 0 Å². The van der Waals surface area contributed by atoms with E-state index in [1.54, 1.807) is 20.1 Å². The van der Waals surface area contributed by atoms with Gasteiger partial charge in [-0.2, -0.15) is 0 Å². The number of amides is 1. The highest BCUT2D eigenvalue weighted by atomic mass is 35.5. The molecule has 42 heavy (non-hydrogen) atoms. The quantitative estimate of drug-likeness (QED) is 0.191. The summed E-state index contributed by atoms with van der Waals surface area (Å²) >= 11 is 7.56. The van der Waals surface area contributed by atoms with E-state index in [1.807, 2.05) is 42.5 Å². The van der Waals surface area contributed by atoms with Crippen LogP contribution >= 0.6 is 22.9 Å². The van der Waals surface area contributed by atoms with E-state index in [0.717, 1.165) is 53.3 Å². The Hall–Kier alpha value is -3.95. The SMILES string of the molecule is CCOC(=O)C1(c2ccc(-c3ccc(-c4sc(Cl)cc4NC(=O)O[C@H](C)c4cc(F)ccc4F)cc3OC)cc2)CC1. The predicted molar refractivity (Wildman–Crippen MR) is 159 cm³/mol. The molecule has 5 rings (SSSR count). The molecule has 0 saturated heterocycles. The Balaban J connectivity index is 1.35. The molecular weight excluding hydrogens is 584 g/mol. The lowest BCUT2D eigenvalue weighted by atomic mass is 9.93. The van der Waals surface area contributed by atoms with Gasteiger partial charge in [0.25, 0.3) is 0 Å². The molecular formula is C32H28ClF2NO5S. The summed E-state index contributed by atoms with van der Waals surface area (Å²) in [6, 6.07) is 18.0. The van der Waals surface area contributed by atoms with Crippen molar-refractivity contribution < 1.29 is 32.6 Å². The molecule has 1 aromatic heterocycles. The summed E-state index contributed by atoms with van der Waals surface area (Å²) in [5, 5.41) is 2.66. The maximum absolute atomic E-state index is 14.1. The molecule has 1 fully saturated rings. The monoisotopic (exact) mass is 611 g/mol. The second-order valence-corrected chi connectivity index (χ2v) is 11.6. The molecule has 0 spiro atoms. The molecule has 6 nitrogen and oxygen atoms in total. The van der Waals surface area contributed by atoms with Gasteiger partial charge in [-0.25, -0.2) is 13.6 Å². The van der Waals surface area contributed by atoms with Crippen LogP contribution in [0.25, 0.3) is 21.6 Å². The molecule has 1 heterocycles. The summed E-state index contributed by atoms with van der Waals surface area (Å²) in [5.74, 6) is -0.895. The number of rotatable bonds is 9. The van der Waals surface area contributed by atoms with E-state index < -0.39 is 29.2 Å². The minimum absolute atomic E-state index is 0.0738. The van der Waals surface area contributed by atoms with Crippen LogP contribution in [0, 0.1) is 11.6 Å². The highest BCUT2D eigenvalue weighted by Gasteiger charge is 2.52. The van der Waals surface area contributed by atoms with Crippen molar-refractivity contribution in [3.63, 3.8) is 0 Å². The van der Waals surface area contributed by atoms with Gasteiger partial charge in [-0.15, -0.1) is 11.3 Å². The minimum atomic E-state index is -1.03. The number of anilines is 1. The maximum Gasteiger partial charge on any atom is 0.412 e. The third-order valence-electron chi connectivity index (χ3n) is 7.25. The van der Waals surface area contributed by atoms with Crippen LogP contribution in [0.2, 0.25) is 4.34 Å². The first-order chi connectivity index (χ1) is 20.1. The highest BCUT2D eigenvalue weighted by molar-refractivity contribution is 7.20. The minimum Gasteiger partial charge on any atom is -0.496 e. The van der Waals surface area contributed by atoms with Crippen LogP contribution in [0.4, 0.5) is 19.3 Å². The average Bonchev–Trinajstić information content (AvgIpc) is 3.71. The second-order valence-electron chi connectivity index (χ2n) is 9.93. The summed E-state index contributed by atoms with van der Waals surface area (Å²) in [6.07, 6.45) is -0.327. The Labute approximate surface area is 251 Å². The fraction of sp³-hybridized carbons (Fsp3) is 0.250. The van der Waals surface area contributed by atoms with Crippen LogP contribution in [0.15, 0.2) is 66.7 Å². The Bertz CT molecular complexity index is 1630. The van der Waals surface area contributed by atoms with Gasteiger partial charge in [0.05, 0.1) is 34.0 Å². The number of thiophene rings is 1. The Kier molecular flexibility index (Phi) is 8.52. The van der Waals surface area contributed by atoms with E-state index in [4.69, 9.17) is 25.8 Å². The number of hydrogen-bond acceptors (Lipinski definition) is 6. The number of halogens is 3. The Morgan fingerprint density at radius 1 is 1.02 bits per heavy atom. The molecule has 1 aliphatic rings. The molecule has 1 amide bonds. The van der Waals surface area contributed by atoms with Crippen molar-refractivity contribution in [2.75, 3.05) is 19.0 Å². The van der Waals surface area contributed by atoms with Gasteiger partial charge in [0.15, 0.2) is 0 Å². The van der Waals surface area contributed by atoms with Gasteiger partial charge < -0.3 is 14.2 Å². The molecule has 1 N–H and O–H groups in total. The average molecular weight is 612 g/mol. The zero-order chi connectivity index (χ0) is 30.0. The van der Waals surface area contributed by atoms with Crippen molar-refractivity contribution >= 4 is 40.7 Å². The summed E-state index contributed by atoms with van der Waals surface area (Å²) in [6.45, 7) is 3.61. The normalized spacial score (nSPS) is 14.1. The number of esters is 1. The number of nitrogens with one attached hydrogen (secondary N) is 1. The van der Waals surface area contributed by atoms with Crippen molar-refractivity contribution in [3.8, 4) is 27.3 Å². The molecule has 218 valence electrons. The van der Waals surface area contributed by atoms with E-state index in [0.29, 0.717) is 27.3 Å². The van der Waals surface area contributed by atoms with Crippen LogP contribution in [-0.4, -0.2) is 25.8 Å². The molecule has 0 bridgehead atoms. The van der Waals surface area contributed by atoms with Gasteiger partial charge >= 0.3 is 12.1 Å². The number of carbonyl (C=O) groups is 2. The van der Waals surface area contributed by atoms with Gasteiger partial charge in [-0.1, -0.05) is 48.0 Å². The van der Waals surface area contributed by atoms with Gasteiger partial charge in [0, 0.05) is 11.1 Å². The molecule has 0 unspecified atom stereocenters. The maximum atomic E-state index is 14.1. The zero-order valence-corrected chi connectivity index (χ0v) is 24.7. The second kappa shape index (κ2) is 12.1. The highest BCUT2D eigenvalue weighted by Crippen LogP contribution is 2.50. The van der Waals surface area contributed by atoms with Gasteiger partial charge in [-0.3, -0.25) is 10.1 Å². The molecule has 10 heteroatoms. The molecule has 0 aliphatic heterocycles. The summed E-state index contributed by atoms with van der Waals surface area (Å²) < 4.78 is 44.5. The van der Waals surface area contributed by atoms with Crippen LogP contribution in [-0.2, 0) is 19.7 Å². The van der Waals surface area contributed by atoms with Crippen molar-refractivity contribution in [2.24, 2.45) is 0 Å². The zero-order valence-electron chi connectivity index (χ0n) is 23.1. The van der Waals surface area contributed by atoms with Crippen molar-refractivity contribution in [2.45, 2.75) is 38.2 Å². The number of ether oxygens (including phenoxy) is 3. The molecule has 1 saturated carbocycles. The van der Waals surface area contributed by atoms with Crippen LogP contribution in [0.1, 0.15) is 43.9 Å². The third kappa shape index (κ3) is 5.98. The van der Waals surface area contributed by atoms with Gasteiger partial charge in [0.2, 0.25) is 0 Å². The standard InChI is InChI=1S/C32H28ClF2NO5S/c1-4-40-30(37)32(13-14-32)21-8-5-19(6-9-21)23-11-7-20(15-27(23)39-3)29-26(17-28(33)42-29)36-31(38)41-18(2)24-16-22(34)10-12-25(24)35/h5-12,15-18H,4,13-14H2,1-3H3,(H,36,38)/t18-/m1/s1. The molecule has 0 radical (unpaired) electrons. The van der Waals surface area contributed by atoms with E-state index in [2.05, 4.69) is 5.32 Å². The van der Waals surface area contributed by atoms with Crippen LogP contribution in [0.5, 0.6) is 5.75 Å². The first kappa shape index (κ1) is 29.5. The van der Waals surface area contributed by atoms with Crippen molar-refractivity contribution in [1.29, 1.82) is 0 Å². The van der Waals surface area contributed by atoms with E-state index in [9.17, 15) is 18.4 Å². The number of hydrogen-bond donors (Lipinski definition) is 1. The van der Waals surface area contributed by atoms with E-state index in [-0.39, 0.29) is 11.5 Å². The first-order valence-electron chi connectivity index (χ1n) is 13.3. The summed E-state index contributed by atoms with van der Waals surface area (Å²) in [4.78, 5) is 25.8. The lowest BCUT2D eigenvalue weighted by Crippen LogP contribution is -2.23. The lowest BCUT2D eigenvalue weighted by Gasteiger charge is -2.16.